The molecule has 5 nitrogen and oxygen atoms in total. The van der Waals surface area contributed by atoms with Gasteiger partial charge < -0.3 is 9.47 Å². The molecule has 1 aromatic heterocycles. The second-order valence-corrected chi connectivity index (χ2v) is 9.18. The molecule has 0 atom stereocenters. The molecule has 7 heteroatoms. The molecular weight excluding hydrogens is 435 g/mol. The molecule has 0 aliphatic carbocycles. The van der Waals surface area contributed by atoms with Gasteiger partial charge in [-0.2, -0.15) is 5.10 Å². The average molecular weight is 459 g/mol. The van der Waals surface area contributed by atoms with Gasteiger partial charge in [0.1, 0.15) is 11.4 Å². The van der Waals surface area contributed by atoms with Gasteiger partial charge in [0.05, 0.1) is 22.9 Å². The Morgan fingerprint density at radius 3 is 2.55 bits per heavy atom. The number of carbonyl (C=O) groups is 1. The number of ether oxygens (including phenoxy) is 2. The number of H-pyrrole nitrogens is 1. The van der Waals surface area contributed by atoms with Crippen LogP contribution in [-0.2, 0) is 10.3 Å². The molecule has 3 aromatic rings. The summed E-state index contributed by atoms with van der Waals surface area (Å²) in [7, 11) is 0. The Morgan fingerprint density at radius 2 is 1.90 bits per heavy atom. The summed E-state index contributed by atoms with van der Waals surface area (Å²) in [6.45, 7) is 10.1. The topological polar surface area (TPSA) is 64.2 Å². The van der Waals surface area contributed by atoms with E-state index in [1.165, 1.54) is 0 Å². The zero-order valence-electron chi connectivity index (χ0n) is 18.1. The van der Waals surface area contributed by atoms with Gasteiger partial charge in [-0.25, -0.2) is 4.79 Å². The van der Waals surface area contributed by atoms with E-state index in [0.29, 0.717) is 21.4 Å². The van der Waals surface area contributed by atoms with E-state index in [2.05, 4.69) is 30.1 Å². The summed E-state index contributed by atoms with van der Waals surface area (Å²) in [6, 6.07) is 9.53. The first kappa shape index (κ1) is 21.7. The Labute approximate surface area is 191 Å². The molecule has 0 bridgehead atoms. The van der Waals surface area contributed by atoms with E-state index in [0.717, 1.165) is 27.9 Å². The van der Waals surface area contributed by atoms with Crippen LogP contribution in [0.2, 0.25) is 10.0 Å². The molecule has 2 heterocycles. The van der Waals surface area contributed by atoms with Crippen molar-refractivity contribution in [3.05, 3.63) is 57.2 Å². The van der Waals surface area contributed by atoms with Crippen molar-refractivity contribution in [2.45, 2.75) is 46.1 Å². The summed E-state index contributed by atoms with van der Waals surface area (Å²) in [5.74, 6) is 0.462. The van der Waals surface area contributed by atoms with E-state index in [9.17, 15) is 4.79 Å². The maximum atomic E-state index is 12.5. The third-order valence-corrected chi connectivity index (χ3v) is 6.02. The van der Waals surface area contributed by atoms with Crippen LogP contribution in [0.25, 0.3) is 22.4 Å². The van der Waals surface area contributed by atoms with Gasteiger partial charge in [-0.3, -0.25) is 5.10 Å². The zero-order valence-corrected chi connectivity index (χ0v) is 19.6. The third-order valence-electron chi connectivity index (χ3n) is 5.48. The number of nitrogens with one attached hydrogen (secondary N) is 1. The summed E-state index contributed by atoms with van der Waals surface area (Å²) in [4.78, 5) is 12.5. The second-order valence-electron chi connectivity index (χ2n) is 8.34. The van der Waals surface area contributed by atoms with Crippen molar-refractivity contribution in [3.8, 4) is 28.1 Å². The van der Waals surface area contributed by atoms with E-state index in [1.807, 2.05) is 32.0 Å². The minimum atomic E-state index is -0.819. The van der Waals surface area contributed by atoms with Gasteiger partial charge in [-0.05, 0) is 50.5 Å². The molecular formula is C24H24Cl2N2O3. The van der Waals surface area contributed by atoms with Crippen molar-refractivity contribution in [3.63, 3.8) is 0 Å². The van der Waals surface area contributed by atoms with Crippen molar-refractivity contribution in [1.82, 2.24) is 10.2 Å². The van der Waals surface area contributed by atoms with Crippen molar-refractivity contribution >= 4 is 29.2 Å². The van der Waals surface area contributed by atoms with Crippen molar-refractivity contribution < 1.29 is 14.3 Å². The Morgan fingerprint density at radius 1 is 1.19 bits per heavy atom. The van der Waals surface area contributed by atoms with Crippen LogP contribution in [0.15, 0.2) is 30.3 Å². The highest BCUT2D eigenvalue weighted by molar-refractivity contribution is 6.36. The van der Waals surface area contributed by atoms with Crippen LogP contribution >= 0.6 is 23.2 Å². The lowest BCUT2D eigenvalue weighted by molar-refractivity contribution is 0.0500. The molecule has 1 aliphatic rings. The predicted octanol–water partition coefficient (Wildman–Crippen LogP) is 6.98. The van der Waals surface area contributed by atoms with Gasteiger partial charge in [0.2, 0.25) is 0 Å². The normalized spacial score (nSPS) is 14.1. The summed E-state index contributed by atoms with van der Waals surface area (Å²) in [6.07, 6.45) is 0. The second kappa shape index (κ2) is 7.88. The van der Waals surface area contributed by atoms with Crippen molar-refractivity contribution in [1.29, 1.82) is 0 Å². The Bertz CT molecular complexity index is 1180. The molecule has 0 radical (unpaired) electrons. The maximum absolute atomic E-state index is 12.5. The molecule has 0 saturated heterocycles. The van der Waals surface area contributed by atoms with Gasteiger partial charge in [-0.15, -0.1) is 0 Å². The number of hydrogen-bond donors (Lipinski definition) is 1. The van der Waals surface area contributed by atoms with E-state index in [4.69, 9.17) is 32.7 Å². The van der Waals surface area contributed by atoms with Crippen LogP contribution in [0.4, 0.5) is 0 Å². The lowest BCUT2D eigenvalue weighted by Gasteiger charge is -2.35. The molecule has 162 valence electrons. The van der Waals surface area contributed by atoms with Gasteiger partial charge in [-0.1, -0.05) is 49.2 Å². The standard InChI is InChI=1S/C24H24Cl2N2O3/c1-6-30-23(29)21-19-20(27-28-21)16-10-9-14(12(2)3)18(22(16)31-24(19,4)5)15-8-7-13(25)11-17(15)26/h7-12H,6H2,1-5H3,(H,27,28). The van der Waals surface area contributed by atoms with Gasteiger partial charge in [0.15, 0.2) is 5.69 Å². The number of carbonyl (C=O) groups excluding carboxylic acids is 1. The molecule has 1 N–H and O–H groups in total. The highest BCUT2D eigenvalue weighted by Crippen LogP contribution is 2.52. The summed E-state index contributed by atoms with van der Waals surface area (Å²) in [5.41, 5.74) is 4.54. The van der Waals surface area contributed by atoms with Crippen molar-refractivity contribution in [2.75, 3.05) is 6.61 Å². The molecule has 0 saturated carbocycles. The summed E-state index contributed by atoms with van der Waals surface area (Å²) >= 11 is 12.8. The van der Waals surface area contributed by atoms with Crippen LogP contribution < -0.4 is 4.74 Å². The van der Waals surface area contributed by atoms with Crippen LogP contribution in [0.3, 0.4) is 0 Å². The van der Waals surface area contributed by atoms with Crippen LogP contribution in [0.1, 0.15) is 62.2 Å². The number of aromatic amines is 1. The van der Waals surface area contributed by atoms with E-state index in [1.54, 1.807) is 13.0 Å². The number of halogens is 2. The first-order valence-electron chi connectivity index (χ1n) is 10.2. The largest absolute Gasteiger partial charge is 0.482 e. The molecule has 2 aromatic carbocycles. The SMILES string of the molecule is CCOC(=O)c1n[nH]c2c1C(C)(C)Oc1c-2ccc(C(C)C)c1-c1ccc(Cl)cc1Cl. The van der Waals surface area contributed by atoms with Crippen LogP contribution in [0, 0.1) is 0 Å². The zero-order chi connectivity index (χ0) is 22.5. The molecule has 0 spiro atoms. The summed E-state index contributed by atoms with van der Waals surface area (Å²) < 4.78 is 11.8. The number of nitrogens with zero attached hydrogens (tertiary/aromatic N) is 1. The number of aromatic nitrogens is 2. The fourth-order valence-corrected chi connectivity index (χ4v) is 4.63. The average Bonchev–Trinajstić information content (AvgIpc) is 3.14. The fourth-order valence-electron chi connectivity index (χ4n) is 4.13. The van der Waals surface area contributed by atoms with E-state index in [-0.39, 0.29) is 18.2 Å². The fraction of sp³-hybridized carbons (Fsp3) is 0.333. The summed E-state index contributed by atoms with van der Waals surface area (Å²) in [5, 5.41) is 8.44. The molecule has 4 rings (SSSR count). The number of benzene rings is 2. The van der Waals surface area contributed by atoms with Gasteiger partial charge >= 0.3 is 5.97 Å². The smallest absolute Gasteiger partial charge is 0.359 e. The first-order chi connectivity index (χ1) is 14.7. The van der Waals surface area contributed by atoms with Crippen LogP contribution in [0.5, 0.6) is 5.75 Å². The number of rotatable bonds is 4. The molecule has 31 heavy (non-hydrogen) atoms. The Kier molecular flexibility index (Phi) is 5.52. The lowest BCUT2D eigenvalue weighted by Crippen LogP contribution is -2.31. The predicted molar refractivity (Wildman–Crippen MR) is 123 cm³/mol. The lowest BCUT2D eigenvalue weighted by atomic mass is 9.84. The van der Waals surface area contributed by atoms with Crippen LogP contribution in [-0.4, -0.2) is 22.8 Å². The molecule has 0 amide bonds. The Balaban J connectivity index is 2.02. The highest BCUT2D eigenvalue weighted by atomic mass is 35.5. The van der Waals surface area contributed by atoms with E-state index >= 15 is 0 Å². The van der Waals surface area contributed by atoms with E-state index < -0.39 is 11.6 Å². The van der Waals surface area contributed by atoms with Crippen molar-refractivity contribution in [2.24, 2.45) is 0 Å². The van der Waals surface area contributed by atoms with Gasteiger partial charge in [0.25, 0.3) is 0 Å². The molecule has 0 fully saturated rings. The third kappa shape index (κ3) is 3.60. The number of fused-ring (bicyclic) bond motifs is 3. The quantitative estimate of drug-likeness (QED) is 0.428. The number of esters is 1. The Hall–Kier alpha value is -2.50. The molecule has 0 unspecified atom stereocenters. The minimum absolute atomic E-state index is 0.233. The highest BCUT2D eigenvalue weighted by Gasteiger charge is 2.41. The first-order valence-corrected chi connectivity index (χ1v) is 11.0. The monoisotopic (exact) mass is 458 g/mol. The maximum Gasteiger partial charge on any atom is 0.359 e. The minimum Gasteiger partial charge on any atom is -0.482 e. The van der Waals surface area contributed by atoms with Gasteiger partial charge in [0, 0.05) is 21.7 Å². The number of hydrogen-bond acceptors (Lipinski definition) is 4. The molecule has 1 aliphatic heterocycles.